The number of halogens is 1. The van der Waals surface area contributed by atoms with Crippen LogP contribution in [-0.4, -0.2) is 54.5 Å². The number of piperazine rings is 1. The number of hydrogen-bond donors (Lipinski definition) is 1. The number of likely N-dealkylation sites (tertiary alicyclic amines) is 1. The Morgan fingerprint density at radius 3 is 2.43 bits per heavy atom. The van der Waals surface area contributed by atoms with Crippen LogP contribution in [0.25, 0.3) is 0 Å². The summed E-state index contributed by atoms with van der Waals surface area (Å²) in [5.41, 5.74) is 4.17. The van der Waals surface area contributed by atoms with Gasteiger partial charge in [-0.3, -0.25) is 4.79 Å². The number of nitrogens with zero attached hydrogens (tertiary/aromatic N) is 3. The molecule has 0 unspecified atom stereocenters. The number of amides is 3. The van der Waals surface area contributed by atoms with Gasteiger partial charge >= 0.3 is 6.03 Å². The minimum absolute atomic E-state index is 0.0834. The van der Waals surface area contributed by atoms with Gasteiger partial charge in [0.2, 0.25) is 5.91 Å². The van der Waals surface area contributed by atoms with E-state index >= 15 is 0 Å². The zero-order valence-corrected chi connectivity index (χ0v) is 18.0. The van der Waals surface area contributed by atoms with E-state index in [1.807, 2.05) is 52.3 Å². The van der Waals surface area contributed by atoms with Gasteiger partial charge in [-0.05, 0) is 48.7 Å². The Balaban J connectivity index is 1.29. The summed E-state index contributed by atoms with van der Waals surface area (Å²) in [5.74, 6) is 0.222. The van der Waals surface area contributed by atoms with Gasteiger partial charge in [0.05, 0.1) is 0 Å². The number of carbonyl (C=O) groups excluding carboxylic acids is 2. The summed E-state index contributed by atoms with van der Waals surface area (Å²) in [4.78, 5) is 30.4. The van der Waals surface area contributed by atoms with E-state index in [0.717, 1.165) is 48.0 Å². The second-order valence-electron chi connectivity index (χ2n) is 7.95. The average molecular weight is 427 g/mol. The number of anilines is 2. The van der Waals surface area contributed by atoms with Gasteiger partial charge in [0.1, 0.15) is 0 Å². The van der Waals surface area contributed by atoms with E-state index in [2.05, 4.69) is 17.1 Å². The van der Waals surface area contributed by atoms with Crippen molar-refractivity contribution >= 4 is 34.9 Å². The Bertz CT molecular complexity index is 923. The van der Waals surface area contributed by atoms with Crippen LogP contribution in [0.2, 0.25) is 5.02 Å². The Hall–Kier alpha value is -2.73. The molecule has 0 aromatic heterocycles. The monoisotopic (exact) mass is 426 g/mol. The van der Waals surface area contributed by atoms with Crippen LogP contribution in [0.5, 0.6) is 0 Å². The lowest BCUT2D eigenvalue weighted by Crippen LogP contribution is -2.50. The van der Waals surface area contributed by atoms with Crippen molar-refractivity contribution in [3.8, 4) is 0 Å². The minimum Gasteiger partial charge on any atom is -0.368 e. The molecule has 158 valence electrons. The summed E-state index contributed by atoms with van der Waals surface area (Å²) in [5, 5.41) is 3.71. The predicted molar refractivity (Wildman–Crippen MR) is 120 cm³/mol. The highest BCUT2D eigenvalue weighted by atomic mass is 35.5. The van der Waals surface area contributed by atoms with E-state index in [1.54, 1.807) is 0 Å². The fourth-order valence-electron chi connectivity index (χ4n) is 4.06. The molecule has 2 fully saturated rings. The fraction of sp³-hybridized carbons (Fsp3) is 0.391. The topological polar surface area (TPSA) is 55.9 Å². The van der Waals surface area contributed by atoms with Crippen LogP contribution < -0.4 is 10.2 Å². The van der Waals surface area contributed by atoms with Gasteiger partial charge in [-0.15, -0.1) is 0 Å². The average Bonchev–Trinajstić information content (AvgIpc) is 3.16. The van der Waals surface area contributed by atoms with Gasteiger partial charge < -0.3 is 20.0 Å². The number of benzene rings is 2. The molecule has 2 aromatic carbocycles. The Kier molecular flexibility index (Phi) is 6.13. The molecule has 0 aliphatic carbocycles. The Morgan fingerprint density at radius 2 is 1.77 bits per heavy atom. The molecule has 0 saturated carbocycles. The number of carbonyl (C=O) groups is 2. The third-order valence-corrected chi connectivity index (χ3v) is 6.06. The number of nitrogens with one attached hydrogen (secondary N) is 1. The van der Waals surface area contributed by atoms with Crippen molar-refractivity contribution < 1.29 is 9.59 Å². The quantitative estimate of drug-likeness (QED) is 0.799. The maximum atomic E-state index is 12.7. The number of aryl methyl sites for hydroxylation is 1. The summed E-state index contributed by atoms with van der Waals surface area (Å²) in [7, 11) is 0. The molecule has 0 spiro atoms. The highest BCUT2D eigenvalue weighted by Gasteiger charge is 2.23. The molecule has 0 atom stereocenters. The van der Waals surface area contributed by atoms with Crippen LogP contribution >= 0.6 is 11.6 Å². The fourth-order valence-corrected chi connectivity index (χ4v) is 4.23. The molecule has 30 heavy (non-hydrogen) atoms. The van der Waals surface area contributed by atoms with Crippen LogP contribution in [0, 0.1) is 6.92 Å². The molecule has 2 aliphatic heterocycles. The highest BCUT2D eigenvalue weighted by molar-refractivity contribution is 6.30. The largest absolute Gasteiger partial charge is 0.368 e. The maximum absolute atomic E-state index is 12.7. The van der Waals surface area contributed by atoms with E-state index < -0.39 is 0 Å². The molecule has 7 heteroatoms. The first-order chi connectivity index (χ1) is 14.5. The van der Waals surface area contributed by atoms with Crippen molar-refractivity contribution in [2.75, 3.05) is 42.9 Å². The minimum atomic E-state index is -0.0834. The van der Waals surface area contributed by atoms with E-state index in [4.69, 9.17) is 11.6 Å². The van der Waals surface area contributed by atoms with Crippen molar-refractivity contribution in [1.29, 1.82) is 0 Å². The SMILES string of the molecule is Cc1ccc(Cl)cc1N1CCN(C(=O)Nc2ccc(CN3CCCC3=O)cc2)CC1. The van der Waals surface area contributed by atoms with Gasteiger partial charge in [0.15, 0.2) is 0 Å². The van der Waals surface area contributed by atoms with Crippen molar-refractivity contribution in [3.63, 3.8) is 0 Å². The second kappa shape index (κ2) is 8.96. The molecule has 4 rings (SSSR count). The third kappa shape index (κ3) is 4.70. The second-order valence-corrected chi connectivity index (χ2v) is 8.39. The van der Waals surface area contributed by atoms with Crippen LogP contribution in [0.15, 0.2) is 42.5 Å². The smallest absolute Gasteiger partial charge is 0.321 e. The summed E-state index contributed by atoms with van der Waals surface area (Å²) < 4.78 is 0. The molecular formula is C23H27ClN4O2. The normalized spacial score (nSPS) is 16.9. The van der Waals surface area contributed by atoms with Gasteiger partial charge in [0.25, 0.3) is 0 Å². The summed E-state index contributed by atoms with van der Waals surface area (Å²) in [6.45, 7) is 6.42. The van der Waals surface area contributed by atoms with Gasteiger partial charge in [-0.2, -0.15) is 0 Å². The van der Waals surface area contributed by atoms with E-state index in [0.29, 0.717) is 26.1 Å². The Morgan fingerprint density at radius 1 is 1.03 bits per heavy atom. The Labute approximate surface area is 182 Å². The molecule has 2 aliphatic rings. The zero-order valence-electron chi connectivity index (χ0n) is 17.2. The van der Waals surface area contributed by atoms with Crippen molar-refractivity contribution in [2.24, 2.45) is 0 Å². The van der Waals surface area contributed by atoms with Crippen LogP contribution in [-0.2, 0) is 11.3 Å². The summed E-state index contributed by atoms with van der Waals surface area (Å²) in [6.07, 6.45) is 1.59. The van der Waals surface area contributed by atoms with Crippen LogP contribution in [0.1, 0.15) is 24.0 Å². The highest BCUT2D eigenvalue weighted by Crippen LogP contribution is 2.25. The first-order valence-electron chi connectivity index (χ1n) is 10.4. The lowest BCUT2D eigenvalue weighted by atomic mass is 10.1. The van der Waals surface area contributed by atoms with Crippen molar-refractivity contribution in [1.82, 2.24) is 9.80 Å². The lowest BCUT2D eigenvalue weighted by molar-refractivity contribution is -0.128. The first-order valence-corrected chi connectivity index (χ1v) is 10.8. The molecule has 0 radical (unpaired) electrons. The molecule has 2 saturated heterocycles. The van der Waals surface area contributed by atoms with E-state index in [1.165, 1.54) is 5.56 Å². The zero-order chi connectivity index (χ0) is 21.1. The van der Waals surface area contributed by atoms with Crippen LogP contribution in [0.4, 0.5) is 16.2 Å². The summed E-state index contributed by atoms with van der Waals surface area (Å²) >= 11 is 6.15. The molecular weight excluding hydrogens is 400 g/mol. The molecule has 0 bridgehead atoms. The summed E-state index contributed by atoms with van der Waals surface area (Å²) in [6, 6.07) is 13.6. The predicted octanol–water partition coefficient (Wildman–Crippen LogP) is 4.12. The number of hydrogen-bond acceptors (Lipinski definition) is 3. The van der Waals surface area contributed by atoms with E-state index in [9.17, 15) is 9.59 Å². The standard InChI is InChI=1S/C23H27ClN4O2/c1-17-4-7-19(24)15-21(17)26-11-13-27(14-12-26)23(30)25-20-8-5-18(6-9-20)16-28-10-2-3-22(28)29/h4-9,15H,2-3,10-14,16H2,1H3,(H,25,30). The van der Waals surface area contributed by atoms with Crippen LogP contribution in [0.3, 0.4) is 0 Å². The van der Waals surface area contributed by atoms with Gasteiger partial charge in [-0.1, -0.05) is 29.8 Å². The number of urea groups is 1. The molecule has 2 heterocycles. The molecule has 2 aromatic rings. The first kappa shape index (κ1) is 20.5. The lowest BCUT2D eigenvalue weighted by Gasteiger charge is -2.36. The maximum Gasteiger partial charge on any atom is 0.321 e. The molecule has 1 N–H and O–H groups in total. The van der Waals surface area contributed by atoms with Gasteiger partial charge in [0, 0.05) is 62.1 Å². The van der Waals surface area contributed by atoms with Crippen molar-refractivity contribution in [3.05, 3.63) is 58.6 Å². The number of rotatable bonds is 4. The van der Waals surface area contributed by atoms with Crippen molar-refractivity contribution in [2.45, 2.75) is 26.3 Å². The third-order valence-electron chi connectivity index (χ3n) is 5.83. The molecule has 3 amide bonds. The molecule has 6 nitrogen and oxygen atoms in total. The van der Waals surface area contributed by atoms with E-state index in [-0.39, 0.29) is 11.9 Å². The van der Waals surface area contributed by atoms with Gasteiger partial charge in [-0.25, -0.2) is 4.79 Å².